The number of aryl methyl sites for hydroxylation is 1. The van der Waals surface area contributed by atoms with E-state index in [0.717, 1.165) is 37.6 Å². The van der Waals surface area contributed by atoms with E-state index in [0.29, 0.717) is 6.42 Å². The van der Waals surface area contributed by atoms with Gasteiger partial charge in [0.05, 0.1) is 0 Å². The maximum atomic E-state index is 12.5. The lowest BCUT2D eigenvalue weighted by Crippen LogP contribution is -2.31. The van der Waals surface area contributed by atoms with Crippen LogP contribution in [0.5, 0.6) is 0 Å². The molecule has 0 bridgehead atoms. The van der Waals surface area contributed by atoms with E-state index in [1.165, 1.54) is 5.56 Å². The van der Waals surface area contributed by atoms with Gasteiger partial charge in [0, 0.05) is 43.4 Å². The van der Waals surface area contributed by atoms with Crippen LogP contribution < -0.4 is 9.80 Å². The third-order valence-corrected chi connectivity index (χ3v) is 5.00. The van der Waals surface area contributed by atoms with Gasteiger partial charge in [-0.15, -0.1) is 0 Å². The van der Waals surface area contributed by atoms with Crippen LogP contribution in [0.2, 0.25) is 0 Å². The molecule has 2 fully saturated rings. The molecule has 23 heavy (non-hydrogen) atoms. The molecule has 2 aliphatic heterocycles. The summed E-state index contributed by atoms with van der Waals surface area (Å²) in [6.07, 6.45) is 5.01. The third kappa shape index (κ3) is 2.56. The first-order valence-corrected chi connectivity index (χ1v) is 8.03. The van der Waals surface area contributed by atoms with Crippen molar-refractivity contribution >= 4 is 17.4 Å². The number of nitrogens with zero attached hydrogens (tertiary/aromatic N) is 4. The summed E-state index contributed by atoms with van der Waals surface area (Å²) in [5.41, 5.74) is 2.27. The normalized spacial score (nSPS) is 24.0. The second-order valence-electron chi connectivity index (χ2n) is 6.73. The summed E-state index contributed by atoms with van der Waals surface area (Å²) in [4.78, 5) is 25.1. The summed E-state index contributed by atoms with van der Waals surface area (Å²) in [5.74, 6) is 1.19. The number of aromatic nitrogens is 2. The predicted molar refractivity (Wildman–Crippen MR) is 89.4 cm³/mol. The van der Waals surface area contributed by atoms with Crippen molar-refractivity contribution in [1.29, 1.82) is 0 Å². The SMILES string of the molecule is Cc1ccc(N2C[C@@]3(CCN(c4ccncn4)C3)CC2=O)cc1. The molecule has 1 amide bonds. The van der Waals surface area contributed by atoms with E-state index in [9.17, 15) is 4.79 Å². The molecule has 1 aromatic heterocycles. The van der Waals surface area contributed by atoms with Crippen LogP contribution >= 0.6 is 0 Å². The molecule has 118 valence electrons. The fourth-order valence-electron chi connectivity index (χ4n) is 3.73. The third-order valence-electron chi connectivity index (χ3n) is 5.00. The van der Waals surface area contributed by atoms with E-state index in [1.807, 2.05) is 23.1 Å². The minimum atomic E-state index is 0.0485. The fourth-order valence-corrected chi connectivity index (χ4v) is 3.73. The first kappa shape index (κ1) is 14.2. The summed E-state index contributed by atoms with van der Waals surface area (Å²) < 4.78 is 0. The fraction of sp³-hybridized carbons (Fsp3) is 0.389. The number of anilines is 2. The Morgan fingerprint density at radius 1 is 1.13 bits per heavy atom. The summed E-state index contributed by atoms with van der Waals surface area (Å²) in [6.45, 7) is 4.70. The lowest BCUT2D eigenvalue weighted by atomic mass is 9.86. The molecular formula is C18H20N4O. The average Bonchev–Trinajstić information content (AvgIpc) is 3.13. The Balaban J connectivity index is 1.53. The van der Waals surface area contributed by atoms with Crippen LogP contribution in [-0.4, -0.2) is 35.5 Å². The zero-order valence-corrected chi connectivity index (χ0v) is 13.3. The van der Waals surface area contributed by atoms with Gasteiger partial charge in [-0.3, -0.25) is 4.79 Å². The molecule has 2 aromatic rings. The molecule has 0 aliphatic carbocycles. The topological polar surface area (TPSA) is 49.3 Å². The van der Waals surface area contributed by atoms with Crippen molar-refractivity contribution in [2.45, 2.75) is 19.8 Å². The summed E-state index contributed by atoms with van der Waals surface area (Å²) in [7, 11) is 0. The number of hydrogen-bond acceptors (Lipinski definition) is 4. The van der Waals surface area contributed by atoms with Crippen molar-refractivity contribution in [3.63, 3.8) is 0 Å². The van der Waals surface area contributed by atoms with Crippen molar-refractivity contribution in [3.8, 4) is 0 Å². The van der Waals surface area contributed by atoms with Gasteiger partial charge in [-0.1, -0.05) is 17.7 Å². The summed E-state index contributed by atoms with van der Waals surface area (Å²) in [6, 6.07) is 10.2. The number of carbonyl (C=O) groups excluding carboxylic acids is 1. The molecule has 5 heteroatoms. The molecule has 3 heterocycles. The van der Waals surface area contributed by atoms with Gasteiger partial charge in [0.1, 0.15) is 12.1 Å². The van der Waals surface area contributed by atoms with Crippen LogP contribution in [0.3, 0.4) is 0 Å². The number of hydrogen-bond donors (Lipinski definition) is 0. The first-order chi connectivity index (χ1) is 11.2. The maximum absolute atomic E-state index is 12.5. The monoisotopic (exact) mass is 308 g/mol. The van der Waals surface area contributed by atoms with Crippen LogP contribution in [0.4, 0.5) is 11.5 Å². The molecule has 2 aliphatic rings. The van der Waals surface area contributed by atoms with E-state index in [-0.39, 0.29) is 11.3 Å². The highest BCUT2D eigenvalue weighted by molar-refractivity contribution is 5.96. The minimum absolute atomic E-state index is 0.0485. The average molecular weight is 308 g/mol. The van der Waals surface area contributed by atoms with Gasteiger partial charge < -0.3 is 9.80 Å². The second-order valence-corrected chi connectivity index (χ2v) is 6.73. The predicted octanol–water partition coefficient (Wildman–Crippen LogP) is 2.42. The van der Waals surface area contributed by atoms with Crippen molar-refractivity contribution in [1.82, 2.24) is 9.97 Å². The first-order valence-electron chi connectivity index (χ1n) is 8.03. The van der Waals surface area contributed by atoms with Gasteiger partial charge in [0.2, 0.25) is 5.91 Å². The van der Waals surface area contributed by atoms with Crippen molar-refractivity contribution in [2.24, 2.45) is 5.41 Å². The Hall–Kier alpha value is -2.43. The molecule has 1 atom stereocenters. The minimum Gasteiger partial charge on any atom is -0.356 e. The summed E-state index contributed by atoms with van der Waals surface area (Å²) >= 11 is 0. The second kappa shape index (κ2) is 5.33. The lowest BCUT2D eigenvalue weighted by molar-refractivity contribution is -0.117. The number of amides is 1. The molecule has 1 spiro atoms. The van der Waals surface area contributed by atoms with Crippen molar-refractivity contribution in [2.75, 3.05) is 29.4 Å². The smallest absolute Gasteiger partial charge is 0.227 e. The van der Waals surface area contributed by atoms with Crippen molar-refractivity contribution < 1.29 is 4.79 Å². The van der Waals surface area contributed by atoms with Crippen LogP contribution in [-0.2, 0) is 4.79 Å². The standard InChI is InChI=1S/C18H20N4O/c1-14-2-4-15(5-3-14)22-12-18(10-17(22)23)7-9-21(11-18)16-6-8-19-13-20-16/h2-6,8,13H,7,9-12H2,1H3/t18-/m0/s1. The summed E-state index contributed by atoms with van der Waals surface area (Å²) in [5, 5.41) is 0. The highest BCUT2D eigenvalue weighted by Crippen LogP contribution is 2.42. The van der Waals surface area contributed by atoms with Gasteiger partial charge in [0.25, 0.3) is 0 Å². The van der Waals surface area contributed by atoms with Crippen LogP contribution in [0, 0.1) is 12.3 Å². The number of benzene rings is 1. The van der Waals surface area contributed by atoms with Gasteiger partial charge in [-0.2, -0.15) is 0 Å². The number of rotatable bonds is 2. The molecule has 0 saturated carbocycles. The maximum Gasteiger partial charge on any atom is 0.227 e. The molecule has 0 radical (unpaired) electrons. The molecule has 0 N–H and O–H groups in total. The van der Waals surface area contributed by atoms with Crippen LogP contribution in [0.25, 0.3) is 0 Å². The Morgan fingerprint density at radius 2 is 1.96 bits per heavy atom. The van der Waals surface area contributed by atoms with E-state index in [1.54, 1.807) is 12.5 Å². The highest BCUT2D eigenvalue weighted by atomic mass is 16.2. The Kier molecular flexibility index (Phi) is 3.29. The zero-order valence-electron chi connectivity index (χ0n) is 13.3. The largest absolute Gasteiger partial charge is 0.356 e. The lowest BCUT2D eigenvalue weighted by Gasteiger charge is -2.24. The van der Waals surface area contributed by atoms with E-state index in [4.69, 9.17) is 0 Å². The molecule has 4 rings (SSSR count). The highest BCUT2D eigenvalue weighted by Gasteiger charge is 2.48. The van der Waals surface area contributed by atoms with E-state index in [2.05, 4.69) is 33.9 Å². The Labute approximate surface area is 136 Å². The van der Waals surface area contributed by atoms with Crippen LogP contribution in [0.15, 0.2) is 42.9 Å². The Bertz CT molecular complexity index is 716. The van der Waals surface area contributed by atoms with Crippen LogP contribution in [0.1, 0.15) is 18.4 Å². The van der Waals surface area contributed by atoms with Crippen molar-refractivity contribution in [3.05, 3.63) is 48.4 Å². The quantitative estimate of drug-likeness (QED) is 0.855. The van der Waals surface area contributed by atoms with E-state index >= 15 is 0 Å². The van der Waals surface area contributed by atoms with Gasteiger partial charge >= 0.3 is 0 Å². The van der Waals surface area contributed by atoms with E-state index < -0.39 is 0 Å². The zero-order chi connectivity index (χ0) is 15.9. The molecule has 1 aromatic carbocycles. The molecule has 0 unspecified atom stereocenters. The Morgan fingerprint density at radius 3 is 2.70 bits per heavy atom. The van der Waals surface area contributed by atoms with Gasteiger partial charge in [-0.05, 0) is 31.5 Å². The van der Waals surface area contributed by atoms with Gasteiger partial charge in [-0.25, -0.2) is 9.97 Å². The molecular weight excluding hydrogens is 288 g/mol. The molecule has 2 saturated heterocycles. The number of carbonyl (C=O) groups is 1. The van der Waals surface area contributed by atoms with Gasteiger partial charge in [0.15, 0.2) is 0 Å². The molecule has 5 nitrogen and oxygen atoms in total.